The number of hydrogen-bond donors (Lipinski definition) is 1. The predicted octanol–water partition coefficient (Wildman–Crippen LogP) is 2.71. The second kappa shape index (κ2) is 5.29. The van der Waals surface area contributed by atoms with Crippen molar-refractivity contribution in [3.63, 3.8) is 0 Å². The van der Waals surface area contributed by atoms with Crippen molar-refractivity contribution < 1.29 is 8.42 Å². The molecule has 0 aliphatic heterocycles. The van der Waals surface area contributed by atoms with E-state index in [4.69, 9.17) is 5.73 Å². The van der Waals surface area contributed by atoms with Crippen LogP contribution < -0.4 is 5.73 Å². The highest BCUT2D eigenvalue weighted by molar-refractivity contribution is 14.1. The monoisotopic (exact) mass is 486 g/mol. The maximum Gasteiger partial charge on any atom is 0.206 e. The van der Waals surface area contributed by atoms with Crippen molar-refractivity contribution in [1.82, 2.24) is 4.98 Å². The van der Waals surface area contributed by atoms with Crippen molar-refractivity contribution in [3.8, 4) is 0 Å². The van der Waals surface area contributed by atoms with Gasteiger partial charge in [0.05, 0.1) is 9.79 Å². The van der Waals surface area contributed by atoms with Crippen LogP contribution >= 0.6 is 45.2 Å². The Morgan fingerprint density at radius 1 is 0.944 bits per heavy atom. The second-order valence-corrected chi connectivity index (χ2v) is 7.68. The summed E-state index contributed by atoms with van der Waals surface area (Å²) in [6, 6.07) is 9.26. The summed E-state index contributed by atoms with van der Waals surface area (Å²) in [5.74, 6) is 0. The molecule has 0 aliphatic carbocycles. The number of aromatic nitrogens is 1. The summed E-state index contributed by atoms with van der Waals surface area (Å²) >= 11 is 3.99. The van der Waals surface area contributed by atoms with Gasteiger partial charge in [-0.3, -0.25) is 0 Å². The number of pyridine rings is 1. The van der Waals surface area contributed by atoms with Crippen molar-refractivity contribution in [2.75, 3.05) is 5.73 Å². The largest absolute Gasteiger partial charge is 0.399 e. The molecule has 4 nitrogen and oxygen atoms in total. The molecule has 0 unspecified atom stereocenters. The smallest absolute Gasteiger partial charge is 0.206 e. The number of nitrogens with two attached hydrogens (primary N) is 1. The van der Waals surface area contributed by atoms with E-state index in [-0.39, 0.29) is 9.79 Å². The number of halogens is 2. The Balaban J connectivity index is 2.57. The van der Waals surface area contributed by atoms with Crippen LogP contribution in [0.15, 0.2) is 46.2 Å². The fourth-order valence-electron chi connectivity index (χ4n) is 1.38. The molecule has 0 atom stereocenters. The zero-order valence-electron chi connectivity index (χ0n) is 8.97. The Labute approximate surface area is 132 Å². The van der Waals surface area contributed by atoms with Gasteiger partial charge in [-0.1, -0.05) is 0 Å². The van der Waals surface area contributed by atoms with Crippen molar-refractivity contribution in [1.29, 1.82) is 0 Å². The molecule has 0 radical (unpaired) electrons. The van der Waals surface area contributed by atoms with E-state index in [2.05, 4.69) is 4.98 Å². The Bertz CT molecular complexity index is 664. The van der Waals surface area contributed by atoms with Crippen LogP contribution in [0.25, 0.3) is 0 Å². The summed E-state index contributed by atoms with van der Waals surface area (Å²) < 4.78 is 26.0. The molecule has 0 spiro atoms. The highest BCUT2D eigenvalue weighted by Crippen LogP contribution is 2.23. The number of sulfone groups is 1. The molecule has 2 N–H and O–H groups in total. The molecule has 7 heteroatoms. The summed E-state index contributed by atoms with van der Waals surface area (Å²) in [7, 11) is -3.51. The molecule has 0 saturated heterocycles. The summed E-state index contributed by atoms with van der Waals surface area (Å²) in [4.78, 5) is 4.62. The van der Waals surface area contributed by atoms with E-state index in [0.29, 0.717) is 13.1 Å². The Kier molecular flexibility index (Phi) is 4.11. The van der Waals surface area contributed by atoms with E-state index in [1.807, 2.05) is 45.2 Å². The molecular weight excluding hydrogens is 478 g/mol. The molecule has 1 heterocycles. The first-order valence-corrected chi connectivity index (χ1v) is 8.47. The van der Waals surface area contributed by atoms with Gasteiger partial charge in [0.1, 0.15) is 7.40 Å². The van der Waals surface area contributed by atoms with E-state index < -0.39 is 9.84 Å². The predicted molar refractivity (Wildman–Crippen MR) is 86.0 cm³/mol. The average Bonchev–Trinajstić information content (AvgIpc) is 2.28. The molecule has 2 aromatic rings. The van der Waals surface area contributed by atoms with Crippen molar-refractivity contribution in [3.05, 3.63) is 43.8 Å². The molecular formula is C11H8I2N2O2S. The normalized spacial score (nSPS) is 11.4. The van der Waals surface area contributed by atoms with Gasteiger partial charge < -0.3 is 5.73 Å². The molecule has 1 aromatic carbocycles. The quantitative estimate of drug-likeness (QED) is 0.403. The molecule has 0 amide bonds. The van der Waals surface area contributed by atoms with Crippen LogP contribution in [0.4, 0.5) is 5.69 Å². The van der Waals surface area contributed by atoms with Crippen LogP contribution in [0.3, 0.4) is 0 Å². The number of nitrogens with zero attached hydrogens (tertiary/aromatic N) is 1. The van der Waals surface area contributed by atoms with E-state index in [1.54, 1.807) is 24.3 Å². The highest BCUT2D eigenvalue weighted by atomic mass is 127. The molecule has 94 valence electrons. The molecule has 18 heavy (non-hydrogen) atoms. The number of benzene rings is 1. The fourth-order valence-corrected chi connectivity index (χ4v) is 4.76. The number of nitrogen functional groups attached to an aromatic ring is 1. The van der Waals surface area contributed by atoms with Crippen LogP contribution in [-0.2, 0) is 9.84 Å². The van der Waals surface area contributed by atoms with E-state index in [9.17, 15) is 8.42 Å². The summed E-state index contributed by atoms with van der Waals surface area (Å²) in [5, 5.41) is 0. The lowest BCUT2D eigenvalue weighted by atomic mass is 10.3. The number of hydrogen-bond acceptors (Lipinski definition) is 4. The van der Waals surface area contributed by atoms with E-state index in [0.717, 1.165) is 0 Å². The topological polar surface area (TPSA) is 73.1 Å². The van der Waals surface area contributed by atoms with Crippen molar-refractivity contribution in [2.45, 2.75) is 9.79 Å². The maximum atomic E-state index is 12.4. The summed E-state index contributed by atoms with van der Waals surface area (Å²) in [6.07, 6.45) is 0. The van der Waals surface area contributed by atoms with Crippen LogP contribution in [0.2, 0.25) is 0 Å². The molecule has 0 fully saturated rings. The average molecular weight is 486 g/mol. The summed E-state index contributed by atoms with van der Waals surface area (Å²) in [5.41, 5.74) is 6.08. The molecule has 0 aliphatic rings. The van der Waals surface area contributed by atoms with Gasteiger partial charge in [0.25, 0.3) is 0 Å². The molecule has 0 bridgehead atoms. The van der Waals surface area contributed by atoms with Gasteiger partial charge in [0.15, 0.2) is 0 Å². The lowest BCUT2D eigenvalue weighted by Gasteiger charge is -2.06. The standard InChI is InChI=1S/C11H8I2N2O2S/c12-10-5-9(6-11(13)15-10)18(16,17)8-3-1-7(14)2-4-8/h1-6H,14H2. The third-order valence-electron chi connectivity index (χ3n) is 2.24. The number of anilines is 1. The lowest BCUT2D eigenvalue weighted by molar-refractivity contribution is 0.595. The van der Waals surface area contributed by atoms with Crippen molar-refractivity contribution >= 4 is 60.7 Å². The van der Waals surface area contributed by atoms with Gasteiger partial charge in [0.2, 0.25) is 9.84 Å². The first-order valence-electron chi connectivity index (χ1n) is 4.83. The minimum absolute atomic E-state index is 0.231. The Hall–Kier alpha value is -0.420. The molecule has 2 rings (SSSR count). The fraction of sp³-hybridized carbons (Fsp3) is 0. The Morgan fingerprint density at radius 3 is 1.94 bits per heavy atom. The third kappa shape index (κ3) is 2.94. The second-order valence-electron chi connectivity index (χ2n) is 3.52. The third-order valence-corrected chi connectivity index (χ3v) is 5.09. The first-order chi connectivity index (χ1) is 8.39. The zero-order valence-corrected chi connectivity index (χ0v) is 14.1. The maximum absolute atomic E-state index is 12.4. The van der Waals surface area contributed by atoms with Crippen LogP contribution in [-0.4, -0.2) is 13.4 Å². The van der Waals surface area contributed by atoms with Gasteiger partial charge in [-0.25, -0.2) is 13.4 Å². The van der Waals surface area contributed by atoms with Gasteiger partial charge in [-0.15, -0.1) is 0 Å². The number of rotatable bonds is 2. The van der Waals surface area contributed by atoms with Crippen LogP contribution in [0.5, 0.6) is 0 Å². The van der Waals surface area contributed by atoms with Gasteiger partial charge in [0, 0.05) is 5.69 Å². The van der Waals surface area contributed by atoms with Crippen molar-refractivity contribution in [2.24, 2.45) is 0 Å². The van der Waals surface area contributed by atoms with Gasteiger partial charge in [-0.05, 0) is 81.6 Å². The molecule has 0 saturated carbocycles. The molecule has 1 aromatic heterocycles. The zero-order chi connectivity index (χ0) is 13.3. The Morgan fingerprint density at radius 2 is 1.44 bits per heavy atom. The minimum Gasteiger partial charge on any atom is -0.399 e. The van der Waals surface area contributed by atoms with E-state index >= 15 is 0 Å². The van der Waals surface area contributed by atoms with Gasteiger partial charge in [-0.2, -0.15) is 0 Å². The van der Waals surface area contributed by atoms with Gasteiger partial charge >= 0.3 is 0 Å². The van der Waals surface area contributed by atoms with E-state index in [1.165, 1.54) is 12.1 Å². The lowest BCUT2D eigenvalue weighted by Crippen LogP contribution is -2.04. The van der Waals surface area contributed by atoms with Crippen LogP contribution in [0.1, 0.15) is 0 Å². The SMILES string of the molecule is Nc1ccc(S(=O)(=O)c2cc(I)nc(I)c2)cc1. The highest BCUT2D eigenvalue weighted by Gasteiger charge is 2.18. The summed E-state index contributed by atoms with van der Waals surface area (Å²) in [6.45, 7) is 0. The first kappa shape index (κ1) is 14.0. The van der Waals surface area contributed by atoms with Crippen LogP contribution in [0, 0.1) is 7.40 Å². The minimum atomic E-state index is -3.51.